The van der Waals surface area contributed by atoms with Crippen LogP contribution in [0.2, 0.25) is 0 Å². The van der Waals surface area contributed by atoms with E-state index in [2.05, 4.69) is 12.2 Å². The summed E-state index contributed by atoms with van der Waals surface area (Å²) in [5, 5.41) is 2.72. The molecule has 2 rings (SSSR count). The van der Waals surface area contributed by atoms with Gasteiger partial charge < -0.3 is 5.32 Å². The van der Waals surface area contributed by atoms with Gasteiger partial charge in [-0.25, -0.2) is 12.8 Å². The Bertz CT molecular complexity index is 772. The van der Waals surface area contributed by atoms with Gasteiger partial charge in [0.1, 0.15) is 5.82 Å². The lowest BCUT2D eigenvalue weighted by atomic mass is 9.94. The summed E-state index contributed by atoms with van der Waals surface area (Å²) in [7, 11) is -3.75. The molecule has 1 saturated heterocycles. The van der Waals surface area contributed by atoms with Gasteiger partial charge in [-0.2, -0.15) is 4.31 Å². The van der Waals surface area contributed by atoms with Gasteiger partial charge in [0.25, 0.3) is 5.91 Å². The molecule has 0 unspecified atom stereocenters. The molecule has 1 heterocycles. The fraction of sp³-hybridized carbons (Fsp3) is 0.682. The first-order valence-corrected chi connectivity index (χ1v) is 12.3. The van der Waals surface area contributed by atoms with Gasteiger partial charge in [-0.1, -0.05) is 52.9 Å². The van der Waals surface area contributed by atoms with Crippen LogP contribution in [0.1, 0.15) is 76.1 Å². The molecule has 0 saturated carbocycles. The third-order valence-corrected chi connectivity index (χ3v) is 7.30. The topological polar surface area (TPSA) is 66.5 Å². The van der Waals surface area contributed by atoms with Crippen molar-refractivity contribution in [3.63, 3.8) is 0 Å². The summed E-state index contributed by atoms with van der Waals surface area (Å²) < 4.78 is 41.7. The number of hydrogen-bond acceptors (Lipinski definition) is 3. The molecule has 1 aliphatic rings. The molecule has 0 radical (unpaired) electrons. The Labute approximate surface area is 175 Å². The second-order valence-corrected chi connectivity index (χ2v) is 10.4. The number of piperidine rings is 1. The number of sulfonamides is 1. The molecule has 7 heteroatoms. The summed E-state index contributed by atoms with van der Waals surface area (Å²) in [6, 6.07) is 3.49. The zero-order valence-electron chi connectivity index (χ0n) is 17.9. The second-order valence-electron chi connectivity index (χ2n) is 8.43. The molecule has 1 N–H and O–H groups in total. The molecule has 5 nitrogen and oxygen atoms in total. The van der Waals surface area contributed by atoms with E-state index in [1.807, 2.05) is 13.8 Å². The summed E-state index contributed by atoms with van der Waals surface area (Å²) in [4.78, 5) is 12.4. The third-order valence-electron chi connectivity index (χ3n) is 5.47. The van der Waals surface area contributed by atoms with Gasteiger partial charge in [-0.05, 0) is 42.9 Å². The van der Waals surface area contributed by atoms with Crippen molar-refractivity contribution in [2.75, 3.05) is 19.6 Å². The molecule has 1 aromatic carbocycles. The van der Waals surface area contributed by atoms with E-state index in [-0.39, 0.29) is 22.3 Å². The Balaban J connectivity index is 2.02. The van der Waals surface area contributed by atoms with E-state index >= 15 is 0 Å². The molecule has 0 spiro atoms. The minimum absolute atomic E-state index is 0.0232. The number of benzene rings is 1. The lowest BCUT2D eigenvalue weighted by Gasteiger charge is -2.34. The number of halogens is 1. The van der Waals surface area contributed by atoms with E-state index in [0.717, 1.165) is 31.7 Å². The highest BCUT2D eigenvalue weighted by Gasteiger charge is 2.32. The van der Waals surface area contributed by atoms with E-state index in [9.17, 15) is 17.6 Å². The van der Waals surface area contributed by atoms with Crippen molar-refractivity contribution in [2.24, 2.45) is 11.8 Å². The van der Waals surface area contributed by atoms with Crippen molar-refractivity contribution in [2.45, 2.75) is 70.6 Å². The fourth-order valence-corrected chi connectivity index (χ4v) is 5.70. The second kappa shape index (κ2) is 11.1. The Morgan fingerprint density at radius 1 is 1.10 bits per heavy atom. The first kappa shape index (κ1) is 23.8. The summed E-state index contributed by atoms with van der Waals surface area (Å²) in [5.74, 6) is -0.721. The molecule has 1 aromatic rings. The summed E-state index contributed by atoms with van der Waals surface area (Å²) >= 11 is 0. The standard InChI is InChI=1S/C22H35FN2O3S/c1-4-5-6-7-8-9-12-24-22(26)20-14-19(10-11-21(20)23)29(27,28)25-15-17(2)13-18(3)16-25/h10-11,14,17-18H,4-9,12-13,15-16H2,1-3H3,(H,24,26)/t17-,18+. The molecule has 0 aliphatic carbocycles. The van der Waals surface area contributed by atoms with Crippen LogP contribution in [0.25, 0.3) is 0 Å². The Morgan fingerprint density at radius 2 is 1.72 bits per heavy atom. The molecule has 1 fully saturated rings. The lowest BCUT2D eigenvalue weighted by molar-refractivity contribution is 0.0948. The van der Waals surface area contributed by atoms with Gasteiger partial charge in [0.15, 0.2) is 0 Å². The number of nitrogens with zero attached hydrogens (tertiary/aromatic N) is 1. The number of amides is 1. The van der Waals surface area contributed by atoms with Crippen LogP contribution < -0.4 is 5.32 Å². The Hall–Kier alpha value is -1.47. The molecule has 0 bridgehead atoms. The largest absolute Gasteiger partial charge is 0.352 e. The quantitative estimate of drug-likeness (QED) is 0.557. The van der Waals surface area contributed by atoms with Gasteiger partial charge in [0.05, 0.1) is 10.5 Å². The monoisotopic (exact) mass is 426 g/mol. The predicted molar refractivity (Wildman–Crippen MR) is 114 cm³/mol. The Morgan fingerprint density at radius 3 is 2.38 bits per heavy atom. The SMILES string of the molecule is CCCCCCCCNC(=O)c1cc(S(=O)(=O)N2C[C@H](C)C[C@H](C)C2)ccc1F. The molecule has 164 valence electrons. The first-order chi connectivity index (χ1) is 13.8. The maximum absolute atomic E-state index is 14.2. The summed E-state index contributed by atoms with van der Waals surface area (Å²) in [6.07, 6.45) is 7.55. The van der Waals surface area contributed by atoms with Crippen LogP contribution in [0.15, 0.2) is 23.1 Å². The zero-order chi connectivity index (χ0) is 21.4. The van der Waals surface area contributed by atoms with Crippen molar-refractivity contribution in [3.05, 3.63) is 29.6 Å². The van der Waals surface area contributed by atoms with Crippen molar-refractivity contribution in [1.82, 2.24) is 9.62 Å². The van der Waals surface area contributed by atoms with Crippen LogP contribution in [0.3, 0.4) is 0 Å². The molecule has 29 heavy (non-hydrogen) atoms. The number of unbranched alkanes of at least 4 members (excludes halogenated alkanes) is 5. The third kappa shape index (κ3) is 6.78. The summed E-state index contributed by atoms with van der Waals surface area (Å²) in [5.41, 5.74) is -0.213. The van der Waals surface area contributed by atoms with Gasteiger partial charge in [0.2, 0.25) is 10.0 Å². The maximum Gasteiger partial charge on any atom is 0.254 e. The van der Waals surface area contributed by atoms with Crippen LogP contribution in [-0.4, -0.2) is 38.3 Å². The summed E-state index contributed by atoms with van der Waals surface area (Å²) in [6.45, 7) is 7.58. The van der Waals surface area contributed by atoms with Crippen molar-refractivity contribution in [3.8, 4) is 0 Å². The predicted octanol–water partition coefficient (Wildman–Crippen LogP) is 4.58. The molecule has 1 aliphatic heterocycles. The smallest absolute Gasteiger partial charge is 0.254 e. The molecular weight excluding hydrogens is 391 g/mol. The van der Waals surface area contributed by atoms with Gasteiger partial charge >= 0.3 is 0 Å². The van der Waals surface area contributed by atoms with Crippen LogP contribution >= 0.6 is 0 Å². The normalized spacial score (nSPS) is 20.6. The van der Waals surface area contributed by atoms with Gasteiger partial charge in [-0.3, -0.25) is 4.79 Å². The average Bonchev–Trinajstić information content (AvgIpc) is 2.66. The van der Waals surface area contributed by atoms with Crippen LogP contribution in [0.4, 0.5) is 4.39 Å². The lowest BCUT2D eigenvalue weighted by Crippen LogP contribution is -2.42. The molecule has 2 atom stereocenters. The molecule has 0 aromatic heterocycles. The fourth-order valence-electron chi connectivity index (χ4n) is 3.99. The Kier molecular flexibility index (Phi) is 9.08. The highest BCUT2D eigenvalue weighted by Crippen LogP contribution is 2.27. The number of rotatable bonds is 10. The minimum Gasteiger partial charge on any atom is -0.352 e. The van der Waals surface area contributed by atoms with E-state index < -0.39 is 21.7 Å². The van der Waals surface area contributed by atoms with Crippen LogP contribution in [-0.2, 0) is 10.0 Å². The first-order valence-electron chi connectivity index (χ1n) is 10.8. The van der Waals surface area contributed by atoms with Gasteiger partial charge in [0, 0.05) is 19.6 Å². The zero-order valence-corrected chi connectivity index (χ0v) is 18.7. The number of carbonyl (C=O) groups is 1. The van der Waals surface area contributed by atoms with E-state index in [4.69, 9.17) is 0 Å². The minimum atomic E-state index is -3.75. The molecular formula is C22H35FN2O3S. The van der Waals surface area contributed by atoms with Crippen LogP contribution in [0.5, 0.6) is 0 Å². The highest BCUT2D eigenvalue weighted by molar-refractivity contribution is 7.89. The van der Waals surface area contributed by atoms with Crippen molar-refractivity contribution >= 4 is 15.9 Å². The van der Waals surface area contributed by atoms with Crippen molar-refractivity contribution < 1.29 is 17.6 Å². The van der Waals surface area contributed by atoms with Gasteiger partial charge in [-0.15, -0.1) is 0 Å². The number of nitrogens with one attached hydrogen (secondary N) is 1. The van der Waals surface area contributed by atoms with E-state index in [1.165, 1.54) is 35.7 Å². The van der Waals surface area contributed by atoms with Crippen molar-refractivity contribution in [1.29, 1.82) is 0 Å². The number of carbonyl (C=O) groups excluding carboxylic acids is 1. The van der Waals surface area contributed by atoms with Crippen LogP contribution in [0, 0.1) is 17.7 Å². The number of hydrogen-bond donors (Lipinski definition) is 1. The average molecular weight is 427 g/mol. The molecule has 1 amide bonds. The maximum atomic E-state index is 14.2. The van der Waals surface area contributed by atoms with E-state index in [1.54, 1.807) is 0 Å². The highest BCUT2D eigenvalue weighted by atomic mass is 32.2. The van der Waals surface area contributed by atoms with E-state index in [0.29, 0.717) is 19.6 Å².